The van der Waals surface area contributed by atoms with Gasteiger partial charge in [-0.05, 0) is 18.4 Å². The van der Waals surface area contributed by atoms with E-state index in [0.717, 1.165) is 0 Å². The maximum Gasteiger partial charge on any atom is -0.00703 e. The Morgan fingerprint density at radius 1 is 0.429 bits per heavy atom. The molecule has 0 aromatic carbocycles. The van der Waals surface area contributed by atoms with Crippen LogP contribution in [0.25, 0.3) is 0 Å². The fourth-order valence-corrected chi connectivity index (χ4v) is 3.46. The summed E-state index contributed by atoms with van der Waals surface area (Å²) in [6.45, 7) is 2.30. The smallest absolute Gasteiger partial charge is 0.00703 e. The molecule has 0 bridgehead atoms. The number of hydrogen-bond donors (Lipinski definition) is 0. The highest BCUT2D eigenvalue weighted by Gasteiger charge is 1.94. The zero-order chi connectivity index (χ0) is 15.4. The molecule has 0 aliphatic rings. The van der Waals surface area contributed by atoms with Gasteiger partial charge in [0.05, 0.1) is 0 Å². The predicted molar refractivity (Wildman–Crippen MR) is 103 cm³/mol. The van der Waals surface area contributed by atoms with Crippen molar-refractivity contribution in [1.82, 2.24) is 0 Å². The van der Waals surface area contributed by atoms with Crippen molar-refractivity contribution in [3.8, 4) is 0 Å². The lowest BCUT2D eigenvalue weighted by Crippen LogP contribution is -1.84. The second-order valence-electron chi connectivity index (χ2n) is 6.65. The van der Waals surface area contributed by atoms with Crippen LogP contribution in [0.4, 0.5) is 0 Å². The standard InChI is InChI=1S/C20H42S/c1-3-4-5-6-7-8-9-10-11-12-13-14-15-16-17-18-19-20-21-2/h3-20H2,1-2H3. The summed E-state index contributed by atoms with van der Waals surface area (Å²) in [5.74, 6) is 1.36. The molecule has 0 aliphatic carbocycles. The van der Waals surface area contributed by atoms with Crippen LogP contribution in [0.5, 0.6) is 0 Å². The molecule has 0 unspecified atom stereocenters. The highest BCUT2D eigenvalue weighted by Crippen LogP contribution is 2.14. The summed E-state index contributed by atoms with van der Waals surface area (Å²) in [6, 6.07) is 0. The molecule has 0 amide bonds. The molecule has 128 valence electrons. The van der Waals surface area contributed by atoms with Crippen molar-refractivity contribution in [3.05, 3.63) is 0 Å². The first-order valence-corrected chi connectivity index (χ1v) is 11.3. The highest BCUT2D eigenvalue weighted by molar-refractivity contribution is 7.98. The summed E-state index contributed by atoms with van der Waals surface area (Å²) in [7, 11) is 0. The van der Waals surface area contributed by atoms with Crippen molar-refractivity contribution in [2.75, 3.05) is 12.0 Å². The third-order valence-corrected chi connectivity index (χ3v) is 5.15. The minimum Gasteiger partial charge on any atom is -0.165 e. The Hall–Kier alpha value is 0.350. The van der Waals surface area contributed by atoms with Crippen molar-refractivity contribution >= 4 is 11.8 Å². The molecule has 0 aliphatic heterocycles. The van der Waals surface area contributed by atoms with Gasteiger partial charge in [0.2, 0.25) is 0 Å². The molecule has 0 saturated carbocycles. The van der Waals surface area contributed by atoms with Crippen LogP contribution < -0.4 is 0 Å². The molecule has 0 heterocycles. The third-order valence-electron chi connectivity index (χ3n) is 4.45. The SMILES string of the molecule is CCCCCCCCCCCCCCCCCCCSC. The summed E-state index contributed by atoms with van der Waals surface area (Å²) in [5.41, 5.74) is 0. The third kappa shape index (κ3) is 20.4. The molecule has 0 aromatic rings. The zero-order valence-electron chi connectivity index (χ0n) is 15.1. The topological polar surface area (TPSA) is 0 Å². The molecule has 0 rings (SSSR count). The molecule has 0 N–H and O–H groups in total. The van der Waals surface area contributed by atoms with E-state index in [4.69, 9.17) is 0 Å². The van der Waals surface area contributed by atoms with Gasteiger partial charge >= 0.3 is 0 Å². The first-order chi connectivity index (χ1) is 10.4. The van der Waals surface area contributed by atoms with Gasteiger partial charge in [0, 0.05) is 0 Å². The van der Waals surface area contributed by atoms with Gasteiger partial charge in [0.25, 0.3) is 0 Å². The molecule has 1 heteroatoms. The van der Waals surface area contributed by atoms with E-state index in [1.165, 1.54) is 115 Å². The largest absolute Gasteiger partial charge is 0.165 e. The maximum atomic E-state index is 2.30. The summed E-state index contributed by atoms with van der Waals surface area (Å²) in [5, 5.41) is 0. The highest BCUT2D eigenvalue weighted by atomic mass is 32.2. The first-order valence-electron chi connectivity index (χ1n) is 9.90. The molecule has 0 atom stereocenters. The van der Waals surface area contributed by atoms with E-state index < -0.39 is 0 Å². The lowest BCUT2D eigenvalue weighted by Gasteiger charge is -2.03. The minimum atomic E-state index is 1.36. The van der Waals surface area contributed by atoms with E-state index in [1.54, 1.807) is 0 Å². The fraction of sp³-hybridized carbons (Fsp3) is 1.00. The molecule has 0 nitrogen and oxygen atoms in total. The Morgan fingerprint density at radius 2 is 0.714 bits per heavy atom. The minimum absolute atomic E-state index is 1.36. The van der Waals surface area contributed by atoms with E-state index >= 15 is 0 Å². The second kappa shape index (κ2) is 20.3. The van der Waals surface area contributed by atoms with Gasteiger partial charge in [0.1, 0.15) is 0 Å². The summed E-state index contributed by atoms with van der Waals surface area (Å²) in [6.07, 6.45) is 27.2. The van der Waals surface area contributed by atoms with Crippen molar-refractivity contribution in [3.63, 3.8) is 0 Å². The average Bonchev–Trinajstić information content (AvgIpc) is 2.50. The van der Waals surface area contributed by atoms with Crippen LogP contribution in [0.2, 0.25) is 0 Å². The van der Waals surface area contributed by atoms with Crippen molar-refractivity contribution in [2.24, 2.45) is 0 Å². The van der Waals surface area contributed by atoms with Crippen LogP contribution >= 0.6 is 11.8 Å². The van der Waals surface area contributed by atoms with E-state index in [1.807, 2.05) is 11.8 Å². The van der Waals surface area contributed by atoms with Gasteiger partial charge in [-0.25, -0.2) is 0 Å². The molecular weight excluding hydrogens is 272 g/mol. The molecular formula is C20H42S. The molecule has 0 fully saturated rings. The summed E-state index contributed by atoms with van der Waals surface area (Å²) in [4.78, 5) is 0. The van der Waals surface area contributed by atoms with E-state index in [-0.39, 0.29) is 0 Å². The van der Waals surface area contributed by atoms with E-state index in [2.05, 4.69) is 13.2 Å². The Balaban J connectivity index is 2.90. The molecule has 0 radical (unpaired) electrons. The average molecular weight is 315 g/mol. The van der Waals surface area contributed by atoms with Crippen LogP contribution in [0.1, 0.15) is 116 Å². The lowest BCUT2D eigenvalue weighted by molar-refractivity contribution is 0.529. The first kappa shape index (κ1) is 21.4. The molecule has 0 spiro atoms. The van der Waals surface area contributed by atoms with Crippen LogP contribution in [0.15, 0.2) is 0 Å². The molecule has 0 saturated heterocycles. The summed E-state index contributed by atoms with van der Waals surface area (Å²) < 4.78 is 0. The van der Waals surface area contributed by atoms with Gasteiger partial charge in [-0.2, -0.15) is 11.8 Å². The van der Waals surface area contributed by atoms with Crippen molar-refractivity contribution in [2.45, 2.75) is 116 Å². The van der Waals surface area contributed by atoms with Gasteiger partial charge in [-0.15, -0.1) is 0 Å². The number of unbranched alkanes of at least 4 members (excludes halogenated alkanes) is 16. The second-order valence-corrected chi connectivity index (χ2v) is 7.64. The van der Waals surface area contributed by atoms with E-state index in [0.29, 0.717) is 0 Å². The molecule has 21 heavy (non-hydrogen) atoms. The number of hydrogen-bond acceptors (Lipinski definition) is 1. The molecule has 0 aromatic heterocycles. The van der Waals surface area contributed by atoms with Gasteiger partial charge in [0.15, 0.2) is 0 Å². The fourth-order valence-electron chi connectivity index (χ4n) is 2.97. The van der Waals surface area contributed by atoms with Crippen molar-refractivity contribution in [1.29, 1.82) is 0 Å². The van der Waals surface area contributed by atoms with Crippen LogP contribution in [0, 0.1) is 0 Å². The predicted octanol–water partition coefficient (Wildman–Crippen LogP) is 8.00. The van der Waals surface area contributed by atoms with Crippen LogP contribution in [-0.4, -0.2) is 12.0 Å². The van der Waals surface area contributed by atoms with E-state index in [9.17, 15) is 0 Å². The monoisotopic (exact) mass is 314 g/mol. The Morgan fingerprint density at radius 3 is 1.00 bits per heavy atom. The van der Waals surface area contributed by atoms with Gasteiger partial charge < -0.3 is 0 Å². The van der Waals surface area contributed by atoms with Crippen LogP contribution in [0.3, 0.4) is 0 Å². The van der Waals surface area contributed by atoms with Crippen LogP contribution in [-0.2, 0) is 0 Å². The normalized spacial score (nSPS) is 11.1. The lowest BCUT2D eigenvalue weighted by atomic mass is 10.0. The Kier molecular flexibility index (Phi) is 20.7. The maximum absolute atomic E-state index is 2.30. The van der Waals surface area contributed by atoms with Gasteiger partial charge in [-0.1, -0.05) is 110 Å². The Bertz CT molecular complexity index is 149. The number of thioether (sulfide) groups is 1. The Labute approximate surface area is 140 Å². The quantitative estimate of drug-likeness (QED) is 0.231. The number of rotatable bonds is 18. The zero-order valence-corrected chi connectivity index (χ0v) is 16.0. The van der Waals surface area contributed by atoms with Crippen molar-refractivity contribution < 1.29 is 0 Å². The summed E-state index contributed by atoms with van der Waals surface area (Å²) >= 11 is 1.99. The van der Waals surface area contributed by atoms with Gasteiger partial charge in [-0.3, -0.25) is 0 Å².